The third kappa shape index (κ3) is 4.81. The second-order valence-corrected chi connectivity index (χ2v) is 5.71. The minimum atomic E-state index is -0.338. The highest BCUT2D eigenvalue weighted by atomic mass is 16.2. The van der Waals surface area contributed by atoms with E-state index >= 15 is 0 Å². The molecule has 3 amide bonds. The van der Waals surface area contributed by atoms with Crippen molar-refractivity contribution in [1.29, 1.82) is 0 Å². The fourth-order valence-corrected chi connectivity index (χ4v) is 2.65. The van der Waals surface area contributed by atoms with Crippen molar-refractivity contribution >= 4 is 17.7 Å². The summed E-state index contributed by atoms with van der Waals surface area (Å²) in [7, 11) is 0. The van der Waals surface area contributed by atoms with Crippen LogP contribution in [0, 0.1) is 5.92 Å². The first-order chi connectivity index (χ1) is 11.1. The van der Waals surface area contributed by atoms with Crippen molar-refractivity contribution in [3.05, 3.63) is 35.9 Å². The number of carbonyl (C=O) groups excluding carboxylic acids is 3. The van der Waals surface area contributed by atoms with Crippen LogP contribution < -0.4 is 10.9 Å². The number of benzene rings is 1. The molecule has 0 radical (unpaired) electrons. The minimum Gasteiger partial charge on any atom is -0.343 e. The van der Waals surface area contributed by atoms with Crippen LogP contribution >= 0.6 is 0 Å². The lowest BCUT2D eigenvalue weighted by Crippen LogP contribution is -2.48. The summed E-state index contributed by atoms with van der Waals surface area (Å²) in [5.74, 6) is -0.549. The van der Waals surface area contributed by atoms with Gasteiger partial charge in [0.05, 0.1) is 0 Å². The number of hydrogen-bond acceptors (Lipinski definition) is 3. The summed E-state index contributed by atoms with van der Waals surface area (Å²) in [4.78, 5) is 37.6. The van der Waals surface area contributed by atoms with E-state index in [0.29, 0.717) is 37.9 Å². The van der Waals surface area contributed by atoms with E-state index in [1.165, 1.54) is 0 Å². The van der Waals surface area contributed by atoms with Crippen LogP contribution in [0.4, 0.5) is 0 Å². The van der Waals surface area contributed by atoms with Gasteiger partial charge in [-0.05, 0) is 31.4 Å². The van der Waals surface area contributed by atoms with Crippen molar-refractivity contribution in [1.82, 2.24) is 15.8 Å². The number of rotatable bonds is 4. The molecule has 2 rings (SSSR count). The number of carbonyl (C=O) groups is 3. The van der Waals surface area contributed by atoms with Crippen LogP contribution in [0.3, 0.4) is 0 Å². The molecule has 0 unspecified atom stereocenters. The molecule has 6 heteroatoms. The maximum absolute atomic E-state index is 12.1. The fourth-order valence-electron chi connectivity index (χ4n) is 2.65. The molecular weight excluding hydrogens is 294 g/mol. The highest BCUT2D eigenvalue weighted by Crippen LogP contribution is 2.18. The predicted molar refractivity (Wildman–Crippen MR) is 86.3 cm³/mol. The third-order valence-corrected chi connectivity index (χ3v) is 4.02. The van der Waals surface area contributed by atoms with Crippen molar-refractivity contribution in [3.63, 3.8) is 0 Å². The lowest BCUT2D eigenvalue weighted by molar-refractivity contribution is -0.135. The Morgan fingerprint density at radius 1 is 1.09 bits per heavy atom. The summed E-state index contributed by atoms with van der Waals surface area (Å²) >= 11 is 0. The second-order valence-electron chi connectivity index (χ2n) is 5.71. The Hall–Kier alpha value is -2.37. The maximum Gasteiger partial charge on any atom is 0.269 e. The molecule has 6 nitrogen and oxygen atoms in total. The molecule has 1 fully saturated rings. The molecule has 1 aromatic rings. The number of nitrogens with zero attached hydrogens (tertiary/aromatic N) is 1. The van der Waals surface area contributed by atoms with Gasteiger partial charge in [0, 0.05) is 31.0 Å². The van der Waals surface area contributed by atoms with Crippen molar-refractivity contribution in [2.24, 2.45) is 5.92 Å². The summed E-state index contributed by atoms with van der Waals surface area (Å²) in [6, 6.07) is 8.71. The molecule has 23 heavy (non-hydrogen) atoms. The van der Waals surface area contributed by atoms with Gasteiger partial charge in [-0.15, -0.1) is 0 Å². The van der Waals surface area contributed by atoms with E-state index in [1.54, 1.807) is 24.3 Å². The molecule has 0 atom stereocenters. The van der Waals surface area contributed by atoms with Crippen molar-refractivity contribution in [2.75, 3.05) is 13.1 Å². The quantitative estimate of drug-likeness (QED) is 0.826. The molecule has 1 saturated heterocycles. The van der Waals surface area contributed by atoms with E-state index in [1.807, 2.05) is 17.9 Å². The van der Waals surface area contributed by atoms with Gasteiger partial charge in [-0.1, -0.05) is 25.1 Å². The summed E-state index contributed by atoms with van der Waals surface area (Å²) < 4.78 is 0. The molecule has 0 saturated carbocycles. The number of hydrazine groups is 1. The van der Waals surface area contributed by atoms with E-state index in [0.717, 1.165) is 6.42 Å². The summed E-state index contributed by atoms with van der Waals surface area (Å²) in [5, 5.41) is 0. The molecule has 1 aliphatic heterocycles. The second kappa shape index (κ2) is 8.31. The molecular formula is C17H23N3O3. The highest BCUT2D eigenvalue weighted by molar-refractivity contribution is 5.95. The molecule has 0 spiro atoms. The first kappa shape index (κ1) is 17.0. The van der Waals surface area contributed by atoms with Crippen molar-refractivity contribution in [2.45, 2.75) is 32.6 Å². The van der Waals surface area contributed by atoms with Crippen LogP contribution in [0.15, 0.2) is 30.3 Å². The Balaban J connectivity index is 1.75. The fraction of sp³-hybridized carbons (Fsp3) is 0.471. The Morgan fingerprint density at radius 3 is 2.35 bits per heavy atom. The first-order valence-electron chi connectivity index (χ1n) is 8.04. The lowest BCUT2D eigenvalue weighted by atomic mass is 9.96. The van der Waals surface area contributed by atoms with E-state index in [4.69, 9.17) is 0 Å². The Bertz CT molecular complexity index is 551. The molecule has 2 N–H and O–H groups in total. The first-order valence-corrected chi connectivity index (χ1v) is 8.04. The van der Waals surface area contributed by atoms with Gasteiger partial charge in [-0.2, -0.15) is 0 Å². The number of likely N-dealkylation sites (tertiary alicyclic amines) is 1. The van der Waals surface area contributed by atoms with Gasteiger partial charge < -0.3 is 4.90 Å². The summed E-state index contributed by atoms with van der Waals surface area (Å²) in [6.07, 6.45) is 2.65. The van der Waals surface area contributed by atoms with Gasteiger partial charge in [0.25, 0.3) is 5.91 Å². The number of nitrogens with one attached hydrogen (secondary N) is 2. The average Bonchev–Trinajstić information content (AvgIpc) is 2.60. The number of piperidine rings is 1. The van der Waals surface area contributed by atoms with Crippen LogP contribution in [0.5, 0.6) is 0 Å². The Kier molecular flexibility index (Phi) is 6.14. The predicted octanol–water partition coefficient (Wildman–Crippen LogP) is 1.49. The van der Waals surface area contributed by atoms with Gasteiger partial charge in [0.2, 0.25) is 11.8 Å². The molecule has 0 bridgehead atoms. The average molecular weight is 317 g/mol. The van der Waals surface area contributed by atoms with Crippen LogP contribution in [0.2, 0.25) is 0 Å². The standard InChI is InChI=1S/C17H23N3O3/c1-2-6-15(21)20-11-9-14(10-12-20)17(23)19-18-16(22)13-7-4-3-5-8-13/h3-5,7-8,14H,2,6,9-12H2,1H3,(H,18,22)(H,19,23). The van der Waals surface area contributed by atoms with E-state index in [2.05, 4.69) is 10.9 Å². The number of hydrogen-bond donors (Lipinski definition) is 2. The Labute approximate surface area is 136 Å². The lowest BCUT2D eigenvalue weighted by Gasteiger charge is -2.31. The molecule has 1 aromatic carbocycles. The molecule has 0 aromatic heterocycles. The van der Waals surface area contributed by atoms with Gasteiger partial charge in [-0.25, -0.2) is 0 Å². The molecule has 1 aliphatic rings. The smallest absolute Gasteiger partial charge is 0.269 e. The van der Waals surface area contributed by atoms with E-state index in [9.17, 15) is 14.4 Å². The van der Waals surface area contributed by atoms with E-state index < -0.39 is 0 Å². The zero-order chi connectivity index (χ0) is 16.7. The zero-order valence-corrected chi connectivity index (χ0v) is 13.4. The van der Waals surface area contributed by atoms with Gasteiger partial charge in [0.15, 0.2) is 0 Å². The topological polar surface area (TPSA) is 78.5 Å². The molecule has 124 valence electrons. The van der Waals surface area contributed by atoms with Crippen molar-refractivity contribution in [3.8, 4) is 0 Å². The molecule has 0 aliphatic carbocycles. The zero-order valence-electron chi connectivity index (χ0n) is 13.4. The normalized spacial score (nSPS) is 15.1. The van der Waals surface area contributed by atoms with Crippen LogP contribution in [0.1, 0.15) is 43.0 Å². The monoisotopic (exact) mass is 317 g/mol. The maximum atomic E-state index is 12.1. The SMILES string of the molecule is CCCC(=O)N1CCC(C(=O)NNC(=O)c2ccccc2)CC1. The van der Waals surface area contributed by atoms with E-state index in [-0.39, 0.29) is 23.6 Å². The van der Waals surface area contributed by atoms with Gasteiger partial charge in [-0.3, -0.25) is 25.2 Å². The largest absolute Gasteiger partial charge is 0.343 e. The van der Waals surface area contributed by atoms with Crippen molar-refractivity contribution < 1.29 is 14.4 Å². The number of amides is 3. The third-order valence-electron chi connectivity index (χ3n) is 4.02. The molecule has 1 heterocycles. The van der Waals surface area contributed by atoms with Gasteiger partial charge in [0.1, 0.15) is 0 Å². The summed E-state index contributed by atoms with van der Waals surface area (Å²) in [6.45, 7) is 3.18. The van der Waals surface area contributed by atoms with Crippen LogP contribution in [-0.4, -0.2) is 35.7 Å². The Morgan fingerprint density at radius 2 is 1.74 bits per heavy atom. The minimum absolute atomic E-state index is 0.156. The van der Waals surface area contributed by atoms with Gasteiger partial charge >= 0.3 is 0 Å². The van der Waals surface area contributed by atoms with Crippen LogP contribution in [-0.2, 0) is 9.59 Å². The summed E-state index contributed by atoms with van der Waals surface area (Å²) in [5.41, 5.74) is 5.40. The van der Waals surface area contributed by atoms with Crippen LogP contribution in [0.25, 0.3) is 0 Å². The highest BCUT2D eigenvalue weighted by Gasteiger charge is 2.27.